The highest BCUT2D eigenvalue weighted by atomic mass is 32.2. The second-order valence-corrected chi connectivity index (χ2v) is 10.7. The van der Waals surface area contributed by atoms with Gasteiger partial charge in [0.15, 0.2) is 11.5 Å². The molecule has 0 saturated carbocycles. The smallest absolute Gasteiger partial charge is 0.242 e. The average molecular weight is 518 g/mol. The van der Waals surface area contributed by atoms with Crippen LogP contribution in [0.25, 0.3) is 0 Å². The number of carbonyl (C=O) groups excluding carboxylic acids is 2. The number of aryl methyl sites for hydroxylation is 1. The third kappa shape index (κ3) is 6.90. The van der Waals surface area contributed by atoms with Gasteiger partial charge in [-0.1, -0.05) is 36.8 Å². The number of sulfonamides is 1. The molecule has 0 spiro atoms. The Bertz CT molecular complexity index is 1170. The number of hydrogen-bond acceptors (Lipinski definition) is 6. The largest absolute Gasteiger partial charge is 0.454 e. The summed E-state index contributed by atoms with van der Waals surface area (Å²) in [7, 11) is -3.60. The van der Waals surface area contributed by atoms with Crippen molar-refractivity contribution in [1.82, 2.24) is 10.2 Å². The number of nitrogens with one attached hydrogen (secondary N) is 1. The number of benzene rings is 2. The highest BCUT2D eigenvalue weighted by molar-refractivity contribution is 7.92. The lowest BCUT2D eigenvalue weighted by Crippen LogP contribution is -2.49. The van der Waals surface area contributed by atoms with Crippen molar-refractivity contribution in [1.29, 1.82) is 0 Å². The number of fused-ring (bicyclic) bond motifs is 1. The highest BCUT2D eigenvalue weighted by Gasteiger charge is 2.29. The Morgan fingerprint density at radius 2 is 1.75 bits per heavy atom. The predicted molar refractivity (Wildman–Crippen MR) is 138 cm³/mol. The average Bonchev–Trinajstić information content (AvgIpc) is 3.30. The quantitative estimate of drug-likeness (QED) is 0.464. The van der Waals surface area contributed by atoms with E-state index in [1.54, 1.807) is 23.1 Å². The fourth-order valence-corrected chi connectivity index (χ4v) is 5.10. The van der Waals surface area contributed by atoms with Crippen LogP contribution in [0.5, 0.6) is 11.5 Å². The van der Waals surface area contributed by atoms with Crippen LogP contribution in [-0.4, -0.2) is 57.3 Å². The summed E-state index contributed by atoms with van der Waals surface area (Å²) < 4.78 is 37.0. The van der Waals surface area contributed by atoms with Gasteiger partial charge in [-0.15, -0.1) is 0 Å². The summed E-state index contributed by atoms with van der Waals surface area (Å²) in [4.78, 5) is 27.7. The number of nitrogens with zero attached hydrogens (tertiary/aromatic N) is 2. The second-order valence-electron chi connectivity index (χ2n) is 8.80. The Morgan fingerprint density at radius 3 is 2.39 bits per heavy atom. The Morgan fingerprint density at radius 1 is 1.06 bits per heavy atom. The van der Waals surface area contributed by atoms with E-state index < -0.39 is 16.1 Å². The summed E-state index contributed by atoms with van der Waals surface area (Å²) in [5, 5.41) is 2.82. The van der Waals surface area contributed by atoms with Crippen molar-refractivity contribution in [3.8, 4) is 11.5 Å². The first-order valence-corrected chi connectivity index (χ1v) is 14.0. The van der Waals surface area contributed by atoms with Gasteiger partial charge in [-0.05, 0) is 44.4 Å². The van der Waals surface area contributed by atoms with Gasteiger partial charge in [0.2, 0.25) is 28.6 Å². The SMILES string of the molecule is CCNC(=O)[C@@H](CC)N(Cc1ccc(C)cc1)C(=O)CCCN(c1ccc2c(c1)OCO2)S(C)(=O)=O. The predicted octanol–water partition coefficient (Wildman–Crippen LogP) is 3.21. The Balaban J connectivity index is 1.75. The maximum absolute atomic E-state index is 13.4. The van der Waals surface area contributed by atoms with E-state index in [1.807, 2.05) is 45.0 Å². The van der Waals surface area contributed by atoms with Crippen LogP contribution < -0.4 is 19.1 Å². The first-order valence-electron chi connectivity index (χ1n) is 12.1. The molecule has 10 heteroatoms. The summed E-state index contributed by atoms with van der Waals surface area (Å²) >= 11 is 0. The van der Waals surface area contributed by atoms with Crippen LogP contribution in [0.3, 0.4) is 0 Å². The van der Waals surface area contributed by atoms with Gasteiger partial charge >= 0.3 is 0 Å². The molecule has 1 atom stereocenters. The number of rotatable bonds is 12. The topological polar surface area (TPSA) is 105 Å². The van der Waals surface area contributed by atoms with Crippen LogP contribution in [0.15, 0.2) is 42.5 Å². The van der Waals surface area contributed by atoms with Crippen molar-refractivity contribution in [2.75, 3.05) is 30.4 Å². The van der Waals surface area contributed by atoms with Gasteiger partial charge in [-0.2, -0.15) is 0 Å². The van der Waals surface area contributed by atoms with Crippen LogP contribution in [0.4, 0.5) is 5.69 Å². The fraction of sp³-hybridized carbons (Fsp3) is 0.462. The standard InChI is InChI=1S/C26H35N3O6S/c1-5-22(26(31)27-6-2)28(17-20-11-9-19(3)10-12-20)25(30)8-7-15-29(36(4,32)33)21-13-14-23-24(16-21)35-18-34-23/h9-14,16,22H,5-8,15,17-18H2,1-4H3,(H,27,31)/t22-/m1/s1. The second kappa shape index (κ2) is 12.1. The van der Waals surface area contributed by atoms with Gasteiger partial charge in [0.25, 0.3) is 0 Å². The molecule has 1 heterocycles. The molecule has 2 aromatic carbocycles. The minimum absolute atomic E-state index is 0.0905. The number of ether oxygens (including phenoxy) is 2. The monoisotopic (exact) mass is 517 g/mol. The fourth-order valence-electron chi connectivity index (χ4n) is 4.15. The minimum atomic E-state index is -3.60. The van der Waals surface area contributed by atoms with Gasteiger partial charge in [-0.25, -0.2) is 8.42 Å². The zero-order chi connectivity index (χ0) is 26.3. The van der Waals surface area contributed by atoms with Crippen LogP contribution in [0.1, 0.15) is 44.2 Å². The van der Waals surface area contributed by atoms with Crippen LogP contribution in [-0.2, 0) is 26.2 Å². The van der Waals surface area contributed by atoms with Crippen molar-refractivity contribution >= 4 is 27.5 Å². The molecule has 3 rings (SSSR count). The van der Waals surface area contributed by atoms with Gasteiger partial charge in [0, 0.05) is 32.1 Å². The summed E-state index contributed by atoms with van der Waals surface area (Å²) in [6.45, 7) is 6.68. The lowest BCUT2D eigenvalue weighted by atomic mass is 10.1. The summed E-state index contributed by atoms with van der Waals surface area (Å²) in [6, 6.07) is 12.2. The third-order valence-corrected chi connectivity index (χ3v) is 7.20. The number of carbonyl (C=O) groups is 2. The Hall–Kier alpha value is -3.27. The molecule has 0 unspecified atom stereocenters. The molecule has 36 heavy (non-hydrogen) atoms. The van der Waals surface area contributed by atoms with Gasteiger partial charge in [0.1, 0.15) is 6.04 Å². The Labute approximate surface area is 213 Å². The zero-order valence-electron chi connectivity index (χ0n) is 21.3. The van der Waals surface area contributed by atoms with E-state index >= 15 is 0 Å². The summed E-state index contributed by atoms with van der Waals surface area (Å²) in [5.74, 6) is 0.644. The first kappa shape index (κ1) is 27.3. The van der Waals surface area contributed by atoms with E-state index in [4.69, 9.17) is 9.47 Å². The van der Waals surface area contributed by atoms with Gasteiger partial charge in [-0.3, -0.25) is 13.9 Å². The lowest BCUT2D eigenvalue weighted by Gasteiger charge is -2.31. The zero-order valence-corrected chi connectivity index (χ0v) is 22.1. The molecule has 9 nitrogen and oxygen atoms in total. The maximum atomic E-state index is 13.4. The maximum Gasteiger partial charge on any atom is 0.242 e. The number of likely N-dealkylation sites (N-methyl/N-ethyl adjacent to an activating group) is 1. The normalized spacial score (nSPS) is 13.2. The molecule has 196 valence electrons. The molecule has 1 N–H and O–H groups in total. The molecule has 0 saturated heterocycles. The molecular formula is C26H35N3O6S. The van der Waals surface area contributed by atoms with E-state index in [0.717, 1.165) is 17.4 Å². The molecule has 1 aliphatic rings. The van der Waals surface area contributed by atoms with E-state index in [0.29, 0.717) is 36.7 Å². The highest BCUT2D eigenvalue weighted by Crippen LogP contribution is 2.36. The van der Waals surface area contributed by atoms with Gasteiger partial charge < -0.3 is 19.7 Å². The Kier molecular flexibility index (Phi) is 9.19. The molecule has 1 aliphatic heterocycles. The van der Waals surface area contributed by atoms with Crippen molar-refractivity contribution in [2.45, 2.75) is 52.6 Å². The summed E-state index contributed by atoms with van der Waals surface area (Å²) in [6.07, 6.45) is 1.98. The van der Waals surface area contributed by atoms with Gasteiger partial charge in [0.05, 0.1) is 11.9 Å². The molecule has 0 aliphatic carbocycles. The van der Waals surface area contributed by atoms with Crippen molar-refractivity contribution in [3.63, 3.8) is 0 Å². The van der Waals surface area contributed by atoms with Crippen LogP contribution >= 0.6 is 0 Å². The number of anilines is 1. The number of hydrogen-bond donors (Lipinski definition) is 1. The molecule has 0 fully saturated rings. The molecular weight excluding hydrogens is 482 g/mol. The van der Waals surface area contributed by atoms with Crippen molar-refractivity contribution in [2.24, 2.45) is 0 Å². The molecule has 2 aromatic rings. The number of amides is 2. The first-order chi connectivity index (χ1) is 17.1. The van der Waals surface area contributed by atoms with Crippen molar-refractivity contribution < 1.29 is 27.5 Å². The summed E-state index contributed by atoms with van der Waals surface area (Å²) in [5.41, 5.74) is 2.48. The molecule has 2 amide bonds. The lowest BCUT2D eigenvalue weighted by molar-refractivity contribution is -0.141. The van der Waals surface area contributed by atoms with E-state index in [1.165, 1.54) is 4.31 Å². The van der Waals surface area contributed by atoms with E-state index in [-0.39, 0.29) is 38.0 Å². The van der Waals surface area contributed by atoms with Crippen molar-refractivity contribution in [3.05, 3.63) is 53.6 Å². The molecule has 0 aromatic heterocycles. The third-order valence-electron chi connectivity index (χ3n) is 6.01. The molecule has 0 bridgehead atoms. The van der Waals surface area contributed by atoms with Crippen LogP contribution in [0, 0.1) is 6.92 Å². The molecule has 0 radical (unpaired) electrons. The van der Waals surface area contributed by atoms with E-state index in [9.17, 15) is 18.0 Å². The minimum Gasteiger partial charge on any atom is -0.454 e. The van der Waals surface area contributed by atoms with Crippen LogP contribution in [0.2, 0.25) is 0 Å². The van der Waals surface area contributed by atoms with E-state index in [2.05, 4.69) is 5.32 Å².